The topological polar surface area (TPSA) is 67.2 Å². The van der Waals surface area contributed by atoms with Crippen molar-refractivity contribution in [3.63, 3.8) is 0 Å². The Bertz CT molecular complexity index is 1070. The van der Waals surface area contributed by atoms with Crippen LogP contribution in [0.25, 0.3) is 11.3 Å². The molecule has 1 heterocycles. The van der Waals surface area contributed by atoms with E-state index in [4.69, 9.17) is 26.3 Å². The first-order valence-electron chi connectivity index (χ1n) is 7.97. The number of ether oxygens (including phenoxy) is 2. The molecular formula is C19H14ClF2N3O2S. The Kier molecular flexibility index (Phi) is 5.97. The first kappa shape index (κ1) is 19.9. The van der Waals surface area contributed by atoms with Gasteiger partial charge in [-0.15, -0.1) is 11.3 Å². The predicted molar refractivity (Wildman–Crippen MR) is 105 cm³/mol. The van der Waals surface area contributed by atoms with Crippen molar-refractivity contribution in [3.8, 4) is 28.8 Å². The zero-order valence-electron chi connectivity index (χ0n) is 14.8. The predicted octanol–water partition coefficient (Wildman–Crippen LogP) is 5.57. The highest BCUT2D eigenvalue weighted by molar-refractivity contribution is 7.16. The largest absolute Gasteiger partial charge is 0.495 e. The second-order valence-electron chi connectivity index (χ2n) is 5.57. The molecule has 5 nitrogen and oxygen atoms in total. The number of hydrogen-bond acceptors (Lipinski definition) is 6. The lowest BCUT2D eigenvalue weighted by Gasteiger charge is -2.12. The summed E-state index contributed by atoms with van der Waals surface area (Å²) in [5.74, 6) is -0.994. The van der Waals surface area contributed by atoms with Crippen LogP contribution in [-0.4, -0.2) is 19.2 Å². The van der Waals surface area contributed by atoms with Gasteiger partial charge in [0.05, 0.1) is 43.1 Å². The lowest BCUT2D eigenvalue weighted by molar-refractivity contribution is 0.396. The molecule has 0 saturated carbocycles. The molecule has 2 aromatic carbocycles. The first-order chi connectivity index (χ1) is 13.5. The fourth-order valence-corrected chi connectivity index (χ4v) is 3.71. The summed E-state index contributed by atoms with van der Waals surface area (Å²) in [5.41, 5.74) is 1.34. The monoisotopic (exact) mass is 421 g/mol. The molecule has 3 rings (SSSR count). The van der Waals surface area contributed by atoms with Crippen molar-refractivity contribution in [3.05, 3.63) is 51.9 Å². The summed E-state index contributed by atoms with van der Waals surface area (Å²) >= 11 is 7.41. The summed E-state index contributed by atoms with van der Waals surface area (Å²) < 4.78 is 37.4. The molecule has 0 bridgehead atoms. The van der Waals surface area contributed by atoms with E-state index in [1.54, 1.807) is 12.1 Å². The number of aromatic nitrogens is 1. The number of anilines is 2. The smallest absolute Gasteiger partial charge is 0.188 e. The minimum atomic E-state index is -0.980. The van der Waals surface area contributed by atoms with E-state index in [1.807, 2.05) is 0 Å². The van der Waals surface area contributed by atoms with E-state index in [0.29, 0.717) is 43.5 Å². The Morgan fingerprint density at radius 1 is 1.14 bits per heavy atom. The summed E-state index contributed by atoms with van der Waals surface area (Å²) in [6, 6.07) is 8.82. The Labute approximate surface area is 169 Å². The van der Waals surface area contributed by atoms with Crippen LogP contribution in [0.3, 0.4) is 0 Å². The highest BCUT2D eigenvalue weighted by Gasteiger charge is 2.17. The quantitative estimate of drug-likeness (QED) is 0.563. The maximum absolute atomic E-state index is 13.6. The molecule has 28 heavy (non-hydrogen) atoms. The molecule has 9 heteroatoms. The normalized spacial score (nSPS) is 10.4. The molecule has 144 valence electrons. The number of nitrogens with zero attached hydrogens (tertiary/aromatic N) is 2. The van der Waals surface area contributed by atoms with Crippen molar-refractivity contribution in [2.45, 2.75) is 6.42 Å². The average molecular weight is 422 g/mol. The van der Waals surface area contributed by atoms with Crippen LogP contribution >= 0.6 is 22.9 Å². The van der Waals surface area contributed by atoms with E-state index in [1.165, 1.54) is 31.6 Å². The minimum absolute atomic E-state index is 0.0776. The van der Waals surface area contributed by atoms with E-state index in [2.05, 4.69) is 16.4 Å². The van der Waals surface area contributed by atoms with E-state index in [9.17, 15) is 8.78 Å². The third kappa shape index (κ3) is 4.01. The summed E-state index contributed by atoms with van der Waals surface area (Å²) in [6.07, 6.45) is 0.0776. The number of methoxy groups -OCH3 is 2. The summed E-state index contributed by atoms with van der Waals surface area (Å²) in [4.78, 5) is 5.07. The van der Waals surface area contributed by atoms with Gasteiger partial charge in [0.25, 0.3) is 0 Å². The van der Waals surface area contributed by atoms with Crippen molar-refractivity contribution < 1.29 is 18.3 Å². The fourth-order valence-electron chi connectivity index (χ4n) is 2.54. The number of nitrogens with one attached hydrogen (secondary N) is 1. The van der Waals surface area contributed by atoms with Gasteiger partial charge in [-0.2, -0.15) is 5.26 Å². The van der Waals surface area contributed by atoms with Crippen molar-refractivity contribution >= 4 is 33.8 Å². The van der Waals surface area contributed by atoms with Crippen LogP contribution in [-0.2, 0) is 6.42 Å². The lowest BCUT2D eigenvalue weighted by atomic mass is 10.1. The SMILES string of the molecule is COc1cc(OC)c(Nc2nc(-c3ccc(F)c(F)c3)c(CC#N)s2)cc1Cl. The van der Waals surface area contributed by atoms with E-state index in [0.717, 1.165) is 12.1 Å². The third-order valence-corrected chi connectivity index (χ3v) is 5.11. The van der Waals surface area contributed by atoms with E-state index in [-0.39, 0.29) is 6.42 Å². The molecule has 0 unspecified atom stereocenters. The van der Waals surface area contributed by atoms with Crippen LogP contribution in [0.15, 0.2) is 30.3 Å². The Morgan fingerprint density at radius 2 is 1.89 bits per heavy atom. The number of halogens is 3. The van der Waals surface area contributed by atoms with Gasteiger partial charge < -0.3 is 14.8 Å². The molecule has 0 saturated heterocycles. The molecule has 0 fully saturated rings. The summed E-state index contributed by atoms with van der Waals surface area (Å²) in [7, 11) is 3.00. The number of rotatable bonds is 6. The maximum Gasteiger partial charge on any atom is 0.188 e. The number of nitriles is 1. The van der Waals surface area contributed by atoms with Crippen LogP contribution in [0.1, 0.15) is 4.88 Å². The van der Waals surface area contributed by atoms with Gasteiger partial charge in [0.2, 0.25) is 0 Å². The second-order valence-corrected chi connectivity index (χ2v) is 7.06. The molecule has 1 N–H and O–H groups in total. The molecule has 0 spiro atoms. The minimum Gasteiger partial charge on any atom is -0.495 e. The molecule has 0 radical (unpaired) electrons. The van der Waals surface area contributed by atoms with Gasteiger partial charge in [0.15, 0.2) is 16.8 Å². The van der Waals surface area contributed by atoms with Crippen molar-refractivity contribution in [2.75, 3.05) is 19.5 Å². The zero-order chi connectivity index (χ0) is 20.3. The lowest BCUT2D eigenvalue weighted by Crippen LogP contribution is -1.96. The van der Waals surface area contributed by atoms with Crippen LogP contribution in [0.4, 0.5) is 19.6 Å². The standard InChI is InChI=1S/C19H14ClF2N3O2S/c1-26-15-9-16(27-2)14(8-11(15)20)24-19-25-18(17(28-19)5-6-23)10-3-4-12(21)13(22)7-10/h3-4,7-9H,5H2,1-2H3,(H,24,25). The molecule has 0 atom stereocenters. The third-order valence-electron chi connectivity index (χ3n) is 3.85. The van der Waals surface area contributed by atoms with Gasteiger partial charge in [-0.05, 0) is 24.3 Å². The molecule has 1 aromatic heterocycles. The van der Waals surface area contributed by atoms with Gasteiger partial charge in [0, 0.05) is 16.5 Å². The molecular weight excluding hydrogens is 408 g/mol. The Balaban J connectivity index is 2.01. The summed E-state index contributed by atoms with van der Waals surface area (Å²) in [5, 5.41) is 13.0. The Morgan fingerprint density at radius 3 is 2.54 bits per heavy atom. The molecule has 0 amide bonds. The van der Waals surface area contributed by atoms with Crippen LogP contribution in [0.2, 0.25) is 5.02 Å². The van der Waals surface area contributed by atoms with Gasteiger partial charge in [-0.1, -0.05) is 11.6 Å². The molecule has 3 aromatic rings. The summed E-state index contributed by atoms with van der Waals surface area (Å²) in [6.45, 7) is 0. The zero-order valence-corrected chi connectivity index (χ0v) is 16.4. The van der Waals surface area contributed by atoms with Crippen LogP contribution < -0.4 is 14.8 Å². The van der Waals surface area contributed by atoms with Crippen LogP contribution in [0, 0.1) is 23.0 Å². The molecule has 0 aliphatic rings. The number of thiazole rings is 1. The van der Waals surface area contributed by atoms with Gasteiger partial charge >= 0.3 is 0 Å². The maximum atomic E-state index is 13.6. The highest BCUT2D eigenvalue weighted by Crippen LogP contribution is 2.39. The highest BCUT2D eigenvalue weighted by atomic mass is 35.5. The van der Waals surface area contributed by atoms with E-state index < -0.39 is 11.6 Å². The van der Waals surface area contributed by atoms with Crippen molar-refractivity contribution in [1.82, 2.24) is 4.98 Å². The van der Waals surface area contributed by atoms with Crippen molar-refractivity contribution in [2.24, 2.45) is 0 Å². The van der Waals surface area contributed by atoms with Gasteiger partial charge in [-0.3, -0.25) is 0 Å². The van der Waals surface area contributed by atoms with Crippen molar-refractivity contribution in [1.29, 1.82) is 5.26 Å². The first-order valence-corrected chi connectivity index (χ1v) is 9.17. The second kappa shape index (κ2) is 8.42. The molecule has 0 aliphatic heterocycles. The fraction of sp³-hybridized carbons (Fsp3) is 0.158. The van der Waals surface area contributed by atoms with Gasteiger partial charge in [-0.25, -0.2) is 13.8 Å². The average Bonchev–Trinajstić information content (AvgIpc) is 3.07. The number of hydrogen-bond donors (Lipinski definition) is 1. The number of benzene rings is 2. The van der Waals surface area contributed by atoms with Gasteiger partial charge in [0.1, 0.15) is 11.5 Å². The van der Waals surface area contributed by atoms with E-state index >= 15 is 0 Å². The van der Waals surface area contributed by atoms with Crippen LogP contribution in [0.5, 0.6) is 11.5 Å². The Hall–Kier alpha value is -2.89. The molecule has 0 aliphatic carbocycles.